The van der Waals surface area contributed by atoms with Gasteiger partial charge in [0.1, 0.15) is 6.61 Å². The van der Waals surface area contributed by atoms with E-state index in [1.54, 1.807) is 17.1 Å². The molecule has 1 aromatic heterocycles. The summed E-state index contributed by atoms with van der Waals surface area (Å²) in [6.45, 7) is 1.01. The number of nitrogens with zero attached hydrogens (tertiary/aromatic N) is 2. The van der Waals surface area contributed by atoms with Crippen molar-refractivity contribution in [3.63, 3.8) is 0 Å². The molecule has 23 heavy (non-hydrogen) atoms. The van der Waals surface area contributed by atoms with Crippen LogP contribution in [-0.2, 0) is 11.3 Å². The Morgan fingerprint density at radius 1 is 1.39 bits per heavy atom. The highest BCUT2D eigenvalue weighted by Gasteiger charge is 2.21. The Hall–Kier alpha value is -2.21. The van der Waals surface area contributed by atoms with Gasteiger partial charge in [-0.2, -0.15) is 5.10 Å². The number of benzene rings is 1. The van der Waals surface area contributed by atoms with E-state index in [9.17, 15) is 4.79 Å². The largest absolute Gasteiger partial charge is 0.486 e. The Kier molecular flexibility index (Phi) is 5.02. The van der Waals surface area contributed by atoms with Crippen molar-refractivity contribution in [2.45, 2.75) is 25.5 Å². The topological polar surface area (TPSA) is 65.4 Å². The maximum Gasteiger partial charge on any atom is 0.224 e. The molecule has 1 N–H and O–H groups in total. The third kappa shape index (κ3) is 4.16. The number of amides is 1. The Morgan fingerprint density at radius 3 is 3.04 bits per heavy atom. The van der Waals surface area contributed by atoms with Gasteiger partial charge in [0.2, 0.25) is 5.91 Å². The van der Waals surface area contributed by atoms with E-state index in [1.165, 1.54) is 0 Å². The Morgan fingerprint density at radius 2 is 2.22 bits per heavy atom. The molecule has 0 aliphatic carbocycles. The average molecular weight is 336 g/mol. The number of nitrogens with one attached hydrogen (secondary N) is 1. The number of carbonyl (C=O) groups is 1. The quantitative estimate of drug-likeness (QED) is 0.824. The van der Waals surface area contributed by atoms with Gasteiger partial charge in [0.25, 0.3) is 0 Å². The molecule has 0 fully saturated rings. The maximum absolute atomic E-state index is 11.7. The van der Waals surface area contributed by atoms with Crippen molar-refractivity contribution in [1.82, 2.24) is 9.78 Å². The van der Waals surface area contributed by atoms with Crippen LogP contribution >= 0.6 is 11.6 Å². The molecule has 0 spiro atoms. The van der Waals surface area contributed by atoms with E-state index in [0.29, 0.717) is 37.6 Å². The third-order valence-electron chi connectivity index (χ3n) is 3.41. The minimum Gasteiger partial charge on any atom is -0.486 e. The zero-order chi connectivity index (χ0) is 16.1. The zero-order valence-electron chi connectivity index (χ0n) is 12.6. The van der Waals surface area contributed by atoms with Crippen LogP contribution in [0.15, 0.2) is 36.7 Å². The van der Waals surface area contributed by atoms with Crippen LogP contribution in [0.2, 0.25) is 0 Å². The Labute approximate surface area is 139 Å². The first-order valence-electron chi connectivity index (χ1n) is 7.51. The first-order chi connectivity index (χ1) is 11.2. The third-order valence-corrected chi connectivity index (χ3v) is 3.68. The van der Waals surface area contributed by atoms with Crippen LogP contribution in [0, 0.1) is 0 Å². The number of halogens is 1. The highest BCUT2D eigenvalue weighted by molar-refractivity contribution is 6.18. The monoisotopic (exact) mass is 335 g/mol. The summed E-state index contributed by atoms with van der Waals surface area (Å²) in [6.07, 6.45) is 4.35. The van der Waals surface area contributed by atoms with Crippen LogP contribution < -0.4 is 14.8 Å². The fourth-order valence-corrected chi connectivity index (χ4v) is 2.47. The average Bonchev–Trinajstić information content (AvgIpc) is 2.99. The van der Waals surface area contributed by atoms with Crippen molar-refractivity contribution in [1.29, 1.82) is 0 Å². The van der Waals surface area contributed by atoms with Crippen molar-refractivity contribution in [3.8, 4) is 11.5 Å². The highest BCUT2D eigenvalue weighted by atomic mass is 35.5. The first-order valence-corrected chi connectivity index (χ1v) is 8.05. The summed E-state index contributed by atoms with van der Waals surface area (Å²) in [5.41, 5.74) is 0.668. The van der Waals surface area contributed by atoms with Crippen LogP contribution in [0.3, 0.4) is 0 Å². The molecular weight excluding hydrogens is 318 g/mol. The molecule has 0 saturated heterocycles. The fourth-order valence-electron chi connectivity index (χ4n) is 2.34. The minimum absolute atomic E-state index is 0.0589. The highest BCUT2D eigenvalue weighted by Crippen LogP contribution is 2.31. The van der Waals surface area contributed by atoms with E-state index in [1.807, 2.05) is 24.3 Å². The second kappa shape index (κ2) is 7.37. The molecule has 0 radical (unpaired) electrons. The van der Waals surface area contributed by atoms with Crippen LogP contribution in [0.25, 0.3) is 0 Å². The first kappa shape index (κ1) is 15.7. The van der Waals surface area contributed by atoms with Crippen LogP contribution in [0.1, 0.15) is 12.8 Å². The summed E-state index contributed by atoms with van der Waals surface area (Å²) in [5.74, 6) is 1.92. The molecule has 2 aromatic rings. The van der Waals surface area contributed by atoms with Gasteiger partial charge in [-0.25, -0.2) is 0 Å². The van der Waals surface area contributed by atoms with Crippen molar-refractivity contribution in [2.75, 3.05) is 17.8 Å². The van der Waals surface area contributed by atoms with E-state index in [0.717, 1.165) is 11.5 Å². The standard InChI is InChI=1S/C16H18ClN3O3/c17-7-3-6-16(21)19-12-8-18-20(9-12)10-13-11-22-14-4-1-2-5-15(14)23-13/h1-2,4-5,8-9,13H,3,6-7,10-11H2,(H,19,21). The smallest absolute Gasteiger partial charge is 0.224 e. The number of anilines is 1. The second-order valence-corrected chi connectivity index (χ2v) is 5.67. The zero-order valence-corrected chi connectivity index (χ0v) is 13.3. The van der Waals surface area contributed by atoms with Gasteiger partial charge < -0.3 is 14.8 Å². The molecule has 1 aliphatic rings. The Bertz CT molecular complexity index is 674. The lowest BCUT2D eigenvalue weighted by Gasteiger charge is -2.26. The van der Waals surface area contributed by atoms with E-state index in [2.05, 4.69) is 10.4 Å². The molecule has 3 rings (SSSR count). The van der Waals surface area contributed by atoms with Gasteiger partial charge in [0.15, 0.2) is 17.6 Å². The predicted molar refractivity (Wildman–Crippen MR) is 87.2 cm³/mol. The molecule has 0 bridgehead atoms. The molecule has 2 heterocycles. The number of hydrogen-bond acceptors (Lipinski definition) is 4. The van der Waals surface area contributed by atoms with Gasteiger partial charge in [0.05, 0.1) is 18.4 Å². The molecule has 1 aliphatic heterocycles. The summed E-state index contributed by atoms with van der Waals surface area (Å²) < 4.78 is 13.3. The van der Waals surface area contributed by atoms with Crippen LogP contribution in [0.4, 0.5) is 5.69 Å². The SMILES string of the molecule is O=C(CCCCl)Nc1cnn(CC2COc3ccccc3O2)c1. The van der Waals surface area contributed by atoms with Crippen molar-refractivity contribution in [2.24, 2.45) is 0 Å². The maximum atomic E-state index is 11.7. The van der Waals surface area contributed by atoms with Gasteiger partial charge in [-0.05, 0) is 18.6 Å². The van der Waals surface area contributed by atoms with E-state index >= 15 is 0 Å². The number of ether oxygens (including phenoxy) is 2. The van der Waals surface area contributed by atoms with Gasteiger partial charge in [0, 0.05) is 18.5 Å². The second-order valence-electron chi connectivity index (χ2n) is 5.29. The lowest BCUT2D eigenvalue weighted by molar-refractivity contribution is -0.116. The summed E-state index contributed by atoms with van der Waals surface area (Å²) in [6, 6.07) is 7.59. The summed E-state index contributed by atoms with van der Waals surface area (Å²) in [5, 5.41) is 7.04. The summed E-state index contributed by atoms with van der Waals surface area (Å²) >= 11 is 5.57. The molecule has 0 saturated carbocycles. The minimum atomic E-state index is -0.121. The van der Waals surface area contributed by atoms with Crippen molar-refractivity contribution >= 4 is 23.2 Å². The normalized spacial score (nSPS) is 16.1. The number of aromatic nitrogens is 2. The number of carbonyl (C=O) groups excluding carboxylic acids is 1. The van der Waals surface area contributed by atoms with Gasteiger partial charge >= 0.3 is 0 Å². The van der Waals surface area contributed by atoms with Crippen LogP contribution in [0.5, 0.6) is 11.5 Å². The predicted octanol–water partition coefficient (Wildman–Crippen LogP) is 2.68. The van der Waals surface area contributed by atoms with Crippen molar-refractivity contribution < 1.29 is 14.3 Å². The number of fused-ring (bicyclic) bond motifs is 1. The number of hydrogen-bond donors (Lipinski definition) is 1. The Balaban J connectivity index is 1.54. The van der Waals surface area contributed by atoms with E-state index in [-0.39, 0.29) is 12.0 Å². The summed E-state index contributed by atoms with van der Waals surface area (Å²) in [7, 11) is 0. The number of para-hydroxylation sites is 2. The van der Waals surface area contributed by atoms with Crippen LogP contribution in [-0.4, -0.2) is 34.3 Å². The fraction of sp³-hybridized carbons (Fsp3) is 0.375. The molecule has 122 valence electrons. The lowest BCUT2D eigenvalue weighted by atomic mass is 10.2. The molecule has 1 unspecified atom stereocenters. The van der Waals surface area contributed by atoms with E-state index < -0.39 is 0 Å². The van der Waals surface area contributed by atoms with E-state index in [4.69, 9.17) is 21.1 Å². The lowest BCUT2D eigenvalue weighted by Crippen LogP contribution is -2.33. The molecule has 1 aromatic carbocycles. The number of alkyl halides is 1. The number of rotatable bonds is 6. The molecule has 1 amide bonds. The van der Waals surface area contributed by atoms with Gasteiger partial charge in [-0.15, -0.1) is 11.6 Å². The van der Waals surface area contributed by atoms with Crippen molar-refractivity contribution in [3.05, 3.63) is 36.7 Å². The van der Waals surface area contributed by atoms with Gasteiger partial charge in [-0.1, -0.05) is 12.1 Å². The molecule has 6 nitrogen and oxygen atoms in total. The van der Waals surface area contributed by atoms with Gasteiger partial charge in [-0.3, -0.25) is 9.48 Å². The molecule has 1 atom stereocenters. The summed E-state index contributed by atoms with van der Waals surface area (Å²) in [4.78, 5) is 11.7. The molecular formula is C16H18ClN3O3. The molecule has 7 heteroatoms.